The first-order valence-corrected chi connectivity index (χ1v) is 8.29. The van der Waals surface area contributed by atoms with Crippen molar-refractivity contribution >= 4 is 22.6 Å². The van der Waals surface area contributed by atoms with Crippen molar-refractivity contribution in [2.24, 2.45) is 0 Å². The second-order valence-electron chi connectivity index (χ2n) is 6.03. The van der Waals surface area contributed by atoms with Gasteiger partial charge in [0.1, 0.15) is 18.2 Å². The van der Waals surface area contributed by atoms with Gasteiger partial charge in [0.25, 0.3) is 0 Å². The maximum Gasteiger partial charge on any atom is 0.245 e. The smallest absolute Gasteiger partial charge is 0.245 e. The lowest BCUT2D eigenvalue weighted by Crippen LogP contribution is -2.21. The molecule has 0 saturated carbocycles. The van der Waals surface area contributed by atoms with E-state index in [0.29, 0.717) is 17.9 Å². The average Bonchev–Trinajstić information content (AvgIpc) is 3.24. The van der Waals surface area contributed by atoms with Gasteiger partial charge in [-0.05, 0) is 17.7 Å². The fourth-order valence-corrected chi connectivity index (χ4v) is 3.00. The van der Waals surface area contributed by atoms with Crippen LogP contribution >= 0.6 is 0 Å². The largest absolute Gasteiger partial charge is 0.336 e. The van der Waals surface area contributed by atoms with Crippen molar-refractivity contribution < 1.29 is 9.18 Å². The highest BCUT2D eigenvalue weighted by Crippen LogP contribution is 2.19. The third-order valence-corrected chi connectivity index (χ3v) is 4.21. The molecule has 2 aromatic carbocycles. The normalized spacial score (nSPS) is 11.0. The van der Waals surface area contributed by atoms with Gasteiger partial charge in [-0.2, -0.15) is 5.10 Å². The zero-order valence-corrected chi connectivity index (χ0v) is 14.0. The molecule has 130 valence electrons. The lowest BCUT2D eigenvalue weighted by atomic mass is 10.2. The van der Waals surface area contributed by atoms with Crippen LogP contribution in [0.4, 0.5) is 10.2 Å². The van der Waals surface area contributed by atoms with E-state index in [9.17, 15) is 9.18 Å². The van der Waals surface area contributed by atoms with Crippen LogP contribution in [0.3, 0.4) is 0 Å². The van der Waals surface area contributed by atoms with Gasteiger partial charge in [-0.15, -0.1) is 0 Å². The van der Waals surface area contributed by atoms with Crippen molar-refractivity contribution in [1.82, 2.24) is 14.3 Å². The molecular formula is C20H17FN4O. The van der Waals surface area contributed by atoms with E-state index in [1.807, 2.05) is 36.4 Å². The van der Waals surface area contributed by atoms with Crippen LogP contribution in [0.25, 0.3) is 10.9 Å². The zero-order valence-electron chi connectivity index (χ0n) is 14.0. The summed E-state index contributed by atoms with van der Waals surface area (Å²) in [6, 6.07) is 18.3. The summed E-state index contributed by atoms with van der Waals surface area (Å²) in [6.07, 6.45) is 3.36. The van der Waals surface area contributed by atoms with Crippen LogP contribution < -0.4 is 5.32 Å². The molecule has 6 heteroatoms. The number of carbonyl (C=O) groups excluding carboxylic acids is 1. The summed E-state index contributed by atoms with van der Waals surface area (Å²) in [7, 11) is 0. The van der Waals surface area contributed by atoms with Crippen LogP contribution in [-0.2, 0) is 17.9 Å². The van der Waals surface area contributed by atoms with Crippen molar-refractivity contribution in [3.8, 4) is 0 Å². The molecule has 0 aliphatic heterocycles. The minimum atomic E-state index is -0.339. The number of rotatable bonds is 5. The van der Waals surface area contributed by atoms with E-state index < -0.39 is 0 Å². The van der Waals surface area contributed by atoms with Crippen molar-refractivity contribution in [3.05, 3.63) is 84.4 Å². The number of fused-ring (bicyclic) bond motifs is 1. The lowest BCUT2D eigenvalue weighted by Gasteiger charge is -2.10. The minimum absolute atomic E-state index is 0.0287. The van der Waals surface area contributed by atoms with E-state index >= 15 is 0 Å². The predicted octanol–water partition coefficient (Wildman–Crippen LogP) is 3.66. The molecule has 0 saturated heterocycles. The molecule has 4 rings (SSSR count). The zero-order chi connectivity index (χ0) is 17.9. The third-order valence-electron chi connectivity index (χ3n) is 4.21. The Morgan fingerprint density at radius 3 is 2.73 bits per heavy atom. The highest BCUT2D eigenvalue weighted by molar-refractivity contribution is 5.91. The van der Waals surface area contributed by atoms with Crippen molar-refractivity contribution in [2.75, 3.05) is 5.32 Å². The van der Waals surface area contributed by atoms with Crippen LogP contribution in [0, 0.1) is 5.82 Å². The monoisotopic (exact) mass is 348 g/mol. The minimum Gasteiger partial charge on any atom is -0.336 e. The number of benzene rings is 2. The Kier molecular flexibility index (Phi) is 4.23. The number of halogens is 1. The van der Waals surface area contributed by atoms with Crippen molar-refractivity contribution in [3.63, 3.8) is 0 Å². The molecule has 5 nitrogen and oxygen atoms in total. The number of nitrogens with one attached hydrogen (secondary N) is 1. The molecular weight excluding hydrogens is 331 g/mol. The van der Waals surface area contributed by atoms with E-state index in [-0.39, 0.29) is 18.3 Å². The first kappa shape index (κ1) is 16.1. The Bertz CT molecular complexity index is 1050. The Labute approximate surface area is 149 Å². The molecule has 0 fully saturated rings. The SMILES string of the molecule is O=C(Cn1ccc2cccc(F)c21)Nc1ccnn1Cc1ccccc1. The van der Waals surface area contributed by atoms with Gasteiger partial charge < -0.3 is 9.88 Å². The molecule has 2 aromatic heterocycles. The van der Waals surface area contributed by atoms with Gasteiger partial charge in [-0.1, -0.05) is 42.5 Å². The van der Waals surface area contributed by atoms with Gasteiger partial charge in [0.15, 0.2) is 0 Å². The number of hydrogen-bond donors (Lipinski definition) is 1. The molecule has 0 unspecified atom stereocenters. The fraction of sp³-hybridized carbons (Fsp3) is 0.100. The van der Waals surface area contributed by atoms with Gasteiger partial charge in [0, 0.05) is 17.6 Å². The molecule has 2 heterocycles. The topological polar surface area (TPSA) is 51.9 Å². The highest BCUT2D eigenvalue weighted by Gasteiger charge is 2.12. The van der Waals surface area contributed by atoms with Crippen LogP contribution in [0.1, 0.15) is 5.56 Å². The summed E-state index contributed by atoms with van der Waals surface area (Å²) >= 11 is 0. The van der Waals surface area contributed by atoms with Gasteiger partial charge >= 0.3 is 0 Å². The van der Waals surface area contributed by atoms with Crippen LogP contribution in [0.15, 0.2) is 73.1 Å². The molecule has 0 aliphatic rings. The van der Waals surface area contributed by atoms with E-state index in [1.54, 1.807) is 39.8 Å². The van der Waals surface area contributed by atoms with Crippen LogP contribution in [0.5, 0.6) is 0 Å². The maximum atomic E-state index is 14.0. The molecule has 0 aliphatic carbocycles. The van der Waals surface area contributed by atoms with Gasteiger partial charge in [0.2, 0.25) is 5.91 Å². The highest BCUT2D eigenvalue weighted by atomic mass is 19.1. The van der Waals surface area contributed by atoms with Gasteiger partial charge in [0.05, 0.1) is 18.3 Å². The summed E-state index contributed by atoms with van der Waals surface area (Å²) in [4.78, 5) is 12.4. The van der Waals surface area contributed by atoms with Crippen LogP contribution in [-0.4, -0.2) is 20.3 Å². The standard InChI is InChI=1S/C20H17FN4O/c21-17-8-4-7-16-10-12-24(20(16)17)14-19(26)23-18-9-11-22-25(18)13-15-5-2-1-3-6-15/h1-12H,13-14H2,(H,23,26). The predicted molar refractivity (Wildman–Crippen MR) is 98.3 cm³/mol. The first-order valence-electron chi connectivity index (χ1n) is 8.29. The quantitative estimate of drug-likeness (QED) is 0.598. The Balaban J connectivity index is 1.50. The average molecular weight is 348 g/mol. The summed E-state index contributed by atoms with van der Waals surface area (Å²) in [5.74, 6) is 0.0331. The molecule has 1 amide bonds. The molecule has 26 heavy (non-hydrogen) atoms. The lowest BCUT2D eigenvalue weighted by molar-refractivity contribution is -0.116. The maximum absolute atomic E-state index is 14.0. The molecule has 0 spiro atoms. The second kappa shape index (κ2) is 6.84. The number of hydrogen-bond acceptors (Lipinski definition) is 2. The molecule has 0 radical (unpaired) electrons. The Morgan fingerprint density at radius 1 is 1.04 bits per heavy atom. The summed E-state index contributed by atoms with van der Waals surface area (Å²) in [6.45, 7) is 0.589. The molecule has 0 atom stereocenters. The third kappa shape index (κ3) is 3.21. The number of para-hydroxylation sites is 1. The Morgan fingerprint density at radius 2 is 1.88 bits per heavy atom. The second-order valence-corrected chi connectivity index (χ2v) is 6.03. The first-order chi connectivity index (χ1) is 12.7. The number of amides is 1. The molecule has 4 aromatic rings. The summed E-state index contributed by atoms with van der Waals surface area (Å²) in [5.41, 5.74) is 1.52. The van der Waals surface area contributed by atoms with E-state index in [1.165, 1.54) is 6.07 Å². The van der Waals surface area contributed by atoms with Gasteiger partial charge in [-0.25, -0.2) is 9.07 Å². The molecule has 1 N–H and O–H groups in total. The summed E-state index contributed by atoms with van der Waals surface area (Å²) < 4.78 is 17.4. The van der Waals surface area contributed by atoms with Crippen molar-refractivity contribution in [1.29, 1.82) is 0 Å². The summed E-state index contributed by atoms with van der Waals surface area (Å²) in [5, 5.41) is 7.88. The molecule has 0 bridgehead atoms. The van der Waals surface area contributed by atoms with E-state index in [4.69, 9.17) is 0 Å². The van der Waals surface area contributed by atoms with E-state index in [2.05, 4.69) is 10.4 Å². The number of carbonyl (C=O) groups is 1. The van der Waals surface area contributed by atoms with Gasteiger partial charge in [-0.3, -0.25) is 4.79 Å². The Hall–Kier alpha value is -3.41. The number of anilines is 1. The van der Waals surface area contributed by atoms with E-state index in [0.717, 1.165) is 10.9 Å². The number of nitrogens with zero attached hydrogens (tertiary/aromatic N) is 3. The van der Waals surface area contributed by atoms with Crippen LogP contribution in [0.2, 0.25) is 0 Å². The van der Waals surface area contributed by atoms with Crippen molar-refractivity contribution in [2.45, 2.75) is 13.1 Å². The fourth-order valence-electron chi connectivity index (χ4n) is 3.00. The number of aromatic nitrogens is 3.